The zero-order chi connectivity index (χ0) is 17.1. The maximum atomic E-state index is 13.3. The summed E-state index contributed by atoms with van der Waals surface area (Å²) in [7, 11) is 1.83. The van der Waals surface area contributed by atoms with Crippen molar-refractivity contribution in [2.75, 3.05) is 11.9 Å². The van der Waals surface area contributed by atoms with Gasteiger partial charge in [0, 0.05) is 36.6 Å². The third-order valence-electron chi connectivity index (χ3n) is 3.65. The first-order valence-corrected chi connectivity index (χ1v) is 8.28. The molecule has 0 aliphatic heterocycles. The number of aromatic nitrogens is 3. The van der Waals surface area contributed by atoms with Gasteiger partial charge in [-0.2, -0.15) is 0 Å². The molecule has 1 atom stereocenters. The molecule has 0 aliphatic carbocycles. The second-order valence-electron chi connectivity index (χ2n) is 5.50. The van der Waals surface area contributed by atoms with E-state index < -0.39 is 11.6 Å². The van der Waals surface area contributed by atoms with Crippen molar-refractivity contribution in [2.45, 2.75) is 12.5 Å². The molecule has 2 aromatic heterocycles. The summed E-state index contributed by atoms with van der Waals surface area (Å²) < 4.78 is 28.3. The molecule has 0 radical (unpaired) electrons. The number of anilines is 1. The third-order valence-corrected chi connectivity index (χ3v) is 4.51. The minimum Gasteiger partial charge on any atom is -0.373 e. The van der Waals surface area contributed by atoms with Crippen LogP contribution in [0.25, 0.3) is 11.3 Å². The second kappa shape index (κ2) is 7.06. The summed E-state index contributed by atoms with van der Waals surface area (Å²) in [6.45, 7) is 0.346. The lowest BCUT2D eigenvalue weighted by Crippen LogP contribution is -2.30. The van der Waals surface area contributed by atoms with Crippen molar-refractivity contribution in [1.29, 1.82) is 0 Å². The Kier molecular flexibility index (Phi) is 4.86. The Labute approximate surface area is 142 Å². The Morgan fingerprint density at radius 2 is 2.00 bits per heavy atom. The molecular formula is C16H17F2N5S. The molecular weight excluding hydrogens is 332 g/mol. The number of nitrogens with one attached hydrogen (secondary N) is 1. The van der Waals surface area contributed by atoms with Crippen LogP contribution in [0.5, 0.6) is 0 Å². The number of rotatable bonds is 6. The zero-order valence-electron chi connectivity index (χ0n) is 13.0. The molecule has 3 aromatic rings. The van der Waals surface area contributed by atoms with Gasteiger partial charge in [0.1, 0.15) is 11.6 Å². The van der Waals surface area contributed by atoms with Gasteiger partial charge < -0.3 is 11.1 Å². The lowest BCUT2D eigenvalue weighted by Gasteiger charge is -2.17. The van der Waals surface area contributed by atoms with Crippen LogP contribution in [0, 0.1) is 11.6 Å². The van der Waals surface area contributed by atoms with E-state index in [4.69, 9.17) is 5.73 Å². The van der Waals surface area contributed by atoms with E-state index in [9.17, 15) is 8.78 Å². The monoisotopic (exact) mass is 349 g/mol. The Morgan fingerprint density at radius 3 is 2.62 bits per heavy atom. The third kappa shape index (κ3) is 3.77. The molecule has 0 unspecified atom stereocenters. The van der Waals surface area contributed by atoms with Crippen LogP contribution in [0.4, 0.5) is 13.8 Å². The fourth-order valence-electron chi connectivity index (χ4n) is 2.51. The van der Waals surface area contributed by atoms with Crippen molar-refractivity contribution in [1.82, 2.24) is 15.0 Å². The molecule has 24 heavy (non-hydrogen) atoms. The molecule has 0 fully saturated rings. The molecule has 0 amide bonds. The summed E-state index contributed by atoms with van der Waals surface area (Å²) in [5.74, 6) is -1.16. The van der Waals surface area contributed by atoms with E-state index in [0.29, 0.717) is 18.5 Å². The van der Waals surface area contributed by atoms with Gasteiger partial charge in [-0.05, 0) is 30.2 Å². The van der Waals surface area contributed by atoms with E-state index in [0.717, 1.165) is 22.3 Å². The Hall–Kier alpha value is -2.32. The maximum Gasteiger partial charge on any atom is 0.126 e. The molecule has 0 spiro atoms. The summed E-state index contributed by atoms with van der Waals surface area (Å²) in [6, 6.07) is 5.38. The van der Waals surface area contributed by atoms with E-state index in [1.165, 1.54) is 23.5 Å². The first-order valence-electron chi connectivity index (χ1n) is 7.40. The molecule has 0 bridgehead atoms. The van der Waals surface area contributed by atoms with Crippen molar-refractivity contribution >= 4 is 16.3 Å². The van der Waals surface area contributed by atoms with Crippen molar-refractivity contribution in [3.63, 3.8) is 0 Å². The van der Waals surface area contributed by atoms with Crippen LogP contribution in [0.15, 0.2) is 35.8 Å². The van der Waals surface area contributed by atoms with Crippen LogP contribution in [0.1, 0.15) is 5.56 Å². The molecule has 3 rings (SSSR count). The van der Waals surface area contributed by atoms with Gasteiger partial charge in [-0.3, -0.25) is 0 Å². The Bertz CT molecular complexity index is 809. The standard InChI is InChI=1S/C16H17F2N5S/c1-23-15(8-20-22-23)11-5-16(24-9-11)21-14(7-19)4-10-2-12(17)6-13(18)3-10/h2-3,5-6,8-9,14,21H,4,7,19H2,1H3/t14-/m0/s1. The van der Waals surface area contributed by atoms with Crippen molar-refractivity contribution < 1.29 is 8.78 Å². The Morgan fingerprint density at radius 1 is 1.25 bits per heavy atom. The highest BCUT2D eigenvalue weighted by Gasteiger charge is 2.12. The van der Waals surface area contributed by atoms with E-state index in [1.807, 2.05) is 18.5 Å². The molecule has 0 aliphatic rings. The molecule has 126 valence electrons. The number of hydrogen-bond acceptors (Lipinski definition) is 5. The van der Waals surface area contributed by atoms with Crippen LogP contribution in [-0.4, -0.2) is 27.6 Å². The topological polar surface area (TPSA) is 68.8 Å². The van der Waals surface area contributed by atoms with Gasteiger partial charge in [-0.15, -0.1) is 16.4 Å². The van der Waals surface area contributed by atoms with E-state index in [1.54, 1.807) is 10.9 Å². The molecule has 8 heteroatoms. The summed E-state index contributed by atoms with van der Waals surface area (Å²) >= 11 is 1.53. The first-order chi connectivity index (χ1) is 11.5. The minimum absolute atomic E-state index is 0.123. The lowest BCUT2D eigenvalue weighted by atomic mass is 10.1. The van der Waals surface area contributed by atoms with Crippen molar-refractivity contribution in [3.8, 4) is 11.3 Å². The molecule has 3 N–H and O–H groups in total. The summed E-state index contributed by atoms with van der Waals surface area (Å²) in [5.41, 5.74) is 8.29. The molecule has 0 saturated heterocycles. The van der Waals surface area contributed by atoms with Gasteiger partial charge in [0.05, 0.1) is 16.9 Å². The highest BCUT2D eigenvalue weighted by Crippen LogP contribution is 2.28. The van der Waals surface area contributed by atoms with Crippen LogP contribution < -0.4 is 11.1 Å². The van der Waals surface area contributed by atoms with Gasteiger partial charge in [0.15, 0.2) is 0 Å². The van der Waals surface area contributed by atoms with Gasteiger partial charge in [0.2, 0.25) is 0 Å². The number of thiophene rings is 1. The summed E-state index contributed by atoms with van der Waals surface area (Å²) in [5, 5.41) is 14.0. The highest BCUT2D eigenvalue weighted by atomic mass is 32.1. The average molecular weight is 349 g/mol. The number of nitrogens with two attached hydrogens (primary N) is 1. The summed E-state index contributed by atoms with van der Waals surface area (Å²) in [6.07, 6.45) is 2.13. The normalized spacial score (nSPS) is 12.3. The first kappa shape index (κ1) is 16.5. The predicted molar refractivity (Wildman–Crippen MR) is 90.8 cm³/mol. The fraction of sp³-hybridized carbons (Fsp3) is 0.250. The van der Waals surface area contributed by atoms with Crippen molar-refractivity contribution in [2.24, 2.45) is 12.8 Å². The second-order valence-corrected chi connectivity index (χ2v) is 6.41. The highest BCUT2D eigenvalue weighted by molar-refractivity contribution is 7.14. The largest absolute Gasteiger partial charge is 0.373 e. The van der Waals surface area contributed by atoms with E-state index in [2.05, 4.69) is 15.6 Å². The molecule has 1 aromatic carbocycles. The van der Waals surface area contributed by atoms with Crippen LogP contribution >= 0.6 is 11.3 Å². The summed E-state index contributed by atoms with van der Waals surface area (Å²) in [4.78, 5) is 0. The average Bonchev–Trinajstić information content (AvgIpc) is 3.14. The fourth-order valence-corrected chi connectivity index (χ4v) is 3.38. The Balaban J connectivity index is 1.71. The number of hydrogen-bond donors (Lipinski definition) is 2. The van der Waals surface area contributed by atoms with Gasteiger partial charge in [-0.1, -0.05) is 5.21 Å². The van der Waals surface area contributed by atoms with Gasteiger partial charge in [-0.25, -0.2) is 13.5 Å². The molecule has 2 heterocycles. The minimum atomic E-state index is -0.581. The molecule has 5 nitrogen and oxygen atoms in total. The van der Waals surface area contributed by atoms with E-state index >= 15 is 0 Å². The maximum absolute atomic E-state index is 13.3. The molecule has 0 saturated carbocycles. The van der Waals surface area contributed by atoms with E-state index in [-0.39, 0.29) is 6.04 Å². The van der Waals surface area contributed by atoms with Crippen molar-refractivity contribution in [3.05, 3.63) is 53.0 Å². The zero-order valence-corrected chi connectivity index (χ0v) is 13.9. The number of halogens is 2. The quantitative estimate of drug-likeness (QED) is 0.718. The lowest BCUT2D eigenvalue weighted by molar-refractivity contribution is 0.577. The van der Waals surface area contributed by atoms with Gasteiger partial charge in [0.25, 0.3) is 0 Å². The number of aryl methyl sites for hydroxylation is 1. The van der Waals surface area contributed by atoms with Crippen LogP contribution in [0.3, 0.4) is 0 Å². The van der Waals surface area contributed by atoms with Crippen LogP contribution in [-0.2, 0) is 13.5 Å². The van der Waals surface area contributed by atoms with Crippen LogP contribution in [0.2, 0.25) is 0 Å². The predicted octanol–water partition coefficient (Wildman–Crippen LogP) is 2.80. The van der Waals surface area contributed by atoms with Gasteiger partial charge >= 0.3 is 0 Å². The SMILES string of the molecule is Cn1nncc1-c1csc(N[C@H](CN)Cc2cc(F)cc(F)c2)c1. The smallest absolute Gasteiger partial charge is 0.126 e. The number of nitrogens with zero attached hydrogens (tertiary/aromatic N) is 3. The number of benzene rings is 1.